The van der Waals surface area contributed by atoms with Gasteiger partial charge in [0.15, 0.2) is 0 Å². The number of benzene rings is 2. The zero-order chi connectivity index (χ0) is 16.5. The monoisotopic (exact) mass is 332 g/mol. The number of nitrogens with zero attached hydrogens (tertiary/aromatic N) is 1. The van der Waals surface area contributed by atoms with E-state index in [0.29, 0.717) is 12.4 Å². The number of carbonyl (C=O) groups is 1. The molecule has 0 fully saturated rings. The fraction of sp³-hybridized carbons (Fsp3) is 0.0588. The number of nitrogens with one attached hydrogen (secondary N) is 1. The second kappa shape index (κ2) is 8.70. The van der Waals surface area contributed by atoms with Crippen LogP contribution in [0, 0.1) is 5.82 Å². The molecule has 0 aliphatic rings. The molecule has 118 valence electrons. The van der Waals surface area contributed by atoms with Gasteiger partial charge in [-0.15, -0.1) is 0 Å². The minimum Gasteiger partial charge on any atom is -0.490 e. The quantitative estimate of drug-likeness (QED) is 0.647. The molecule has 0 atom stereocenters. The van der Waals surface area contributed by atoms with Gasteiger partial charge in [0.25, 0.3) is 5.91 Å². The first kappa shape index (κ1) is 16.7. The zero-order valence-corrected chi connectivity index (χ0v) is 12.8. The lowest BCUT2D eigenvalue weighted by atomic mass is 10.2. The average Bonchev–Trinajstić information content (AvgIpc) is 2.56. The van der Waals surface area contributed by atoms with Crippen molar-refractivity contribution >= 4 is 23.7 Å². The third-order valence-corrected chi connectivity index (χ3v) is 2.96. The standard InChI is InChI=1S/C17H14ClFN2O2/c18-9-2-10-23-16-7-5-13(6-8-16)12-20-21-17(22)14-3-1-4-15(19)11-14/h1-9,11-12H,10H2,(H,21,22)/b9-2+,20-12-. The summed E-state index contributed by atoms with van der Waals surface area (Å²) in [4.78, 5) is 11.8. The summed E-state index contributed by atoms with van der Waals surface area (Å²) in [7, 11) is 0. The molecule has 1 amide bonds. The minimum absolute atomic E-state index is 0.207. The Bertz CT molecular complexity index is 715. The predicted octanol–water partition coefficient (Wildman–Crippen LogP) is 3.72. The summed E-state index contributed by atoms with van der Waals surface area (Å²) in [6, 6.07) is 12.5. The van der Waals surface area contributed by atoms with E-state index >= 15 is 0 Å². The number of rotatable bonds is 6. The highest BCUT2D eigenvalue weighted by Gasteiger charge is 2.04. The van der Waals surface area contributed by atoms with Gasteiger partial charge < -0.3 is 4.74 Å². The Morgan fingerprint density at radius 1 is 1.26 bits per heavy atom. The molecule has 0 bridgehead atoms. The van der Waals surface area contributed by atoms with Gasteiger partial charge in [0, 0.05) is 11.1 Å². The largest absolute Gasteiger partial charge is 0.490 e. The van der Waals surface area contributed by atoms with Crippen molar-refractivity contribution in [3.63, 3.8) is 0 Å². The van der Waals surface area contributed by atoms with Crippen LogP contribution in [0.5, 0.6) is 5.75 Å². The van der Waals surface area contributed by atoms with E-state index in [0.717, 1.165) is 11.6 Å². The van der Waals surface area contributed by atoms with E-state index in [9.17, 15) is 9.18 Å². The Balaban J connectivity index is 1.89. The number of ether oxygens (including phenoxy) is 1. The molecule has 0 aliphatic heterocycles. The van der Waals surface area contributed by atoms with Crippen LogP contribution in [0.1, 0.15) is 15.9 Å². The molecule has 2 aromatic carbocycles. The summed E-state index contributed by atoms with van der Waals surface area (Å²) in [5.41, 5.74) is 4.72. The molecule has 0 aromatic heterocycles. The smallest absolute Gasteiger partial charge is 0.271 e. The second-order valence-electron chi connectivity index (χ2n) is 4.45. The lowest BCUT2D eigenvalue weighted by Crippen LogP contribution is -2.17. The number of halogens is 2. The van der Waals surface area contributed by atoms with Gasteiger partial charge in [0.2, 0.25) is 0 Å². The van der Waals surface area contributed by atoms with Gasteiger partial charge >= 0.3 is 0 Å². The number of amides is 1. The van der Waals surface area contributed by atoms with Gasteiger partial charge in [0.1, 0.15) is 18.2 Å². The third-order valence-electron chi connectivity index (χ3n) is 2.78. The van der Waals surface area contributed by atoms with Crippen LogP contribution in [0.3, 0.4) is 0 Å². The van der Waals surface area contributed by atoms with Gasteiger partial charge in [0.05, 0.1) is 6.21 Å². The SMILES string of the molecule is O=C(N/N=C\c1ccc(OC/C=C/Cl)cc1)c1cccc(F)c1. The maximum atomic E-state index is 13.0. The predicted molar refractivity (Wildman–Crippen MR) is 88.4 cm³/mol. The molecule has 6 heteroatoms. The first-order valence-corrected chi connectivity index (χ1v) is 7.20. The van der Waals surface area contributed by atoms with Crippen LogP contribution in [0.2, 0.25) is 0 Å². The highest BCUT2D eigenvalue weighted by molar-refractivity contribution is 6.25. The van der Waals surface area contributed by atoms with Crippen molar-refractivity contribution in [1.29, 1.82) is 0 Å². The van der Waals surface area contributed by atoms with Gasteiger partial charge in [-0.2, -0.15) is 5.10 Å². The maximum absolute atomic E-state index is 13.0. The van der Waals surface area contributed by atoms with Gasteiger partial charge in [-0.25, -0.2) is 9.82 Å². The van der Waals surface area contributed by atoms with Gasteiger partial charge in [-0.3, -0.25) is 4.79 Å². The summed E-state index contributed by atoms with van der Waals surface area (Å²) in [5, 5.41) is 3.84. The molecule has 0 aliphatic carbocycles. The number of hydrazone groups is 1. The molecular formula is C17H14ClFN2O2. The Morgan fingerprint density at radius 2 is 2.04 bits per heavy atom. The molecule has 0 unspecified atom stereocenters. The summed E-state index contributed by atoms with van der Waals surface area (Å²) in [5.74, 6) is -0.254. The fourth-order valence-corrected chi connectivity index (χ4v) is 1.76. The molecule has 0 radical (unpaired) electrons. The molecule has 0 saturated carbocycles. The van der Waals surface area contributed by atoms with E-state index in [1.165, 1.54) is 29.9 Å². The topological polar surface area (TPSA) is 50.7 Å². The lowest BCUT2D eigenvalue weighted by molar-refractivity contribution is 0.0954. The van der Waals surface area contributed by atoms with Crippen LogP contribution in [-0.2, 0) is 0 Å². The van der Waals surface area contributed by atoms with Crippen LogP contribution in [0.25, 0.3) is 0 Å². The van der Waals surface area contributed by atoms with Crippen molar-refractivity contribution in [3.05, 3.63) is 77.1 Å². The summed E-state index contributed by atoms with van der Waals surface area (Å²) in [6.07, 6.45) is 3.17. The number of hydrogen-bond acceptors (Lipinski definition) is 3. The van der Waals surface area contributed by atoms with E-state index < -0.39 is 11.7 Å². The van der Waals surface area contributed by atoms with Gasteiger partial charge in [-0.1, -0.05) is 17.7 Å². The van der Waals surface area contributed by atoms with Crippen LogP contribution >= 0.6 is 11.6 Å². The second-order valence-corrected chi connectivity index (χ2v) is 4.70. The van der Waals surface area contributed by atoms with Crippen LogP contribution < -0.4 is 10.2 Å². The van der Waals surface area contributed by atoms with Crippen LogP contribution in [0.4, 0.5) is 4.39 Å². The Morgan fingerprint density at radius 3 is 2.74 bits per heavy atom. The Labute approximate surface area is 138 Å². The Kier molecular flexibility index (Phi) is 6.32. The minimum atomic E-state index is -0.478. The zero-order valence-electron chi connectivity index (χ0n) is 12.1. The maximum Gasteiger partial charge on any atom is 0.271 e. The van der Waals surface area contributed by atoms with Crippen molar-refractivity contribution in [2.24, 2.45) is 5.10 Å². The molecule has 0 saturated heterocycles. The number of hydrogen-bond donors (Lipinski definition) is 1. The Hall–Kier alpha value is -2.66. The van der Waals surface area contributed by atoms with Crippen LogP contribution in [-0.4, -0.2) is 18.7 Å². The molecule has 0 heterocycles. The van der Waals surface area contributed by atoms with Crippen molar-refractivity contribution in [3.8, 4) is 5.75 Å². The lowest BCUT2D eigenvalue weighted by Gasteiger charge is -2.03. The molecule has 2 rings (SSSR count). The summed E-state index contributed by atoms with van der Waals surface area (Å²) >= 11 is 5.40. The molecule has 23 heavy (non-hydrogen) atoms. The first-order valence-electron chi connectivity index (χ1n) is 6.76. The van der Waals surface area contributed by atoms with E-state index in [1.54, 1.807) is 30.3 Å². The summed E-state index contributed by atoms with van der Waals surface area (Å²) < 4.78 is 18.4. The number of carbonyl (C=O) groups excluding carboxylic acids is 1. The highest BCUT2D eigenvalue weighted by Crippen LogP contribution is 2.11. The molecule has 4 nitrogen and oxygen atoms in total. The van der Waals surface area contributed by atoms with E-state index in [4.69, 9.17) is 16.3 Å². The molecule has 2 aromatic rings. The fourth-order valence-electron chi connectivity index (χ4n) is 1.69. The molecule has 0 spiro atoms. The van der Waals surface area contributed by atoms with Crippen molar-refractivity contribution < 1.29 is 13.9 Å². The van der Waals surface area contributed by atoms with E-state index in [1.807, 2.05) is 0 Å². The van der Waals surface area contributed by atoms with Crippen LogP contribution in [0.15, 0.2) is 65.2 Å². The first-order chi connectivity index (χ1) is 11.2. The van der Waals surface area contributed by atoms with E-state index in [-0.39, 0.29) is 5.56 Å². The normalized spacial score (nSPS) is 11.0. The van der Waals surface area contributed by atoms with E-state index in [2.05, 4.69) is 10.5 Å². The van der Waals surface area contributed by atoms with Gasteiger partial charge in [-0.05, 0) is 54.1 Å². The molecule has 1 N–H and O–H groups in total. The van der Waals surface area contributed by atoms with Crippen molar-refractivity contribution in [2.45, 2.75) is 0 Å². The van der Waals surface area contributed by atoms with Crippen molar-refractivity contribution in [2.75, 3.05) is 6.61 Å². The highest BCUT2D eigenvalue weighted by atomic mass is 35.5. The average molecular weight is 333 g/mol. The molecular weight excluding hydrogens is 319 g/mol. The third kappa shape index (κ3) is 5.56. The van der Waals surface area contributed by atoms with Crippen molar-refractivity contribution in [1.82, 2.24) is 5.43 Å². The summed E-state index contributed by atoms with van der Waals surface area (Å²) in [6.45, 7) is 0.390.